The Hall–Kier alpha value is -1.27. The fourth-order valence-electron chi connectivity index (χ4n) is 2.37. The number of thiazole rings is 1. The van der Waals surface area contributed by atoms with Crippen molar-refractivity contribution in [2.75, 3.05) is 0 Å². The van der Waals surface area contributed by atoms with Crippen molar-refractivity contribution in [2.24, 2.45) is 0 Å². The van der Waals surface area contributed by atoms with Crippen molar-refractivity contribution in [1.29, 1.82) is 0 Å². The Morgan fingerprint density at radius 1 is 1.44 bits per heavy atom. The van der Waals surface area contributed by atoms with Crippen molar-refractivity contribution in [1.82, 2.24) is 25.1 Å². The minimum Gasteiger partial charge on any atom is -0.314 e. The third-order valence-corrected chi connectivity index (χ3v) is 4.19. The molecule has 0 amide bonds. The molecule has 0 aliphatic carbocycles. The summed E-state index contributed by atoms with van der Waals surface area (Å²) in [4.78, 5) is 4.47. The lowest BCUT2D eigenvalue weighted by Crippen LogP contribution is -2.37. The van der Waals surface area contributed by atoms with Crippen molar-refractivity contribution < 1.29 is 0 Å². The number of fused-ring (bicyclic) bond motifs is 1. The summed E-state index contributed by atoms with van der Waals surface area (Å²) in [7, 11) is 0. The number of aryl methyl sites for hydroxylation is 3. The smallest absolute Gasteiger partial charge is 0.133 e. The lowest BCUT2D eigenvalue weighted by atomic mass is 10.1. The van der Waals surface area contributed by atoms with Gasteiger partial charge in [0, 0.05) is 30.9 Å². The van der Waals surface area contributed by atoms with Crippen LogP contribution in [-0.2, 0) is 19.5 Å². The van der Waals surface area contributed by atoms with Crippen LogP contribution in [0.15, 0.2) is 5.38 Å². The zero-order valence-electron chi connectivity index (χ0n) is 10.7. The lowest BCUT2D eigenvalue weighted by Gasteiger charge is -2.24. The Balaban J connectivity index is 1.61. The van der Waals surface area contributed by atoms with E-state index >= 15 is 0 Å². The topological polar surface area (TPSA) is 55.6 Å². The highest BCUT2D eigenvalue weighted by Gasteiger charge is 2.21. The van der Waals surface area contributed by atoms with Crippen LogP contribution in [0.5, 0.6) is 0 Å². The first-order chi connectivity index (χ1) is 8.72. The summed E-state index contributed by atoms with van der Waals surface area (Å²) in [6, 6.07) is 0.495. The number of hydrogen-bond acceptors (Lipinski definition) is 5. The monoisotopic (exact) mass is 263 g/mol. The van der Waals surface area contributed by atoms with Gasteiger partial charge in [-0.05, 0) is 20.3 Å². The molecule has 0 fully saturated rings. The zero-order valence-corrected chi connectivity index (χ0v) is 11.5. The molecule has 3 heterocycles. The van der Waals surface area contributed by atoms with Crippen LogP contribution in [0.25, 0.3) is 0 Å². The Bertz CT molecular complexity index is 544. The minimum atomic E-state index is 0.495. The normalized spacial score (nSPS) is 18.9. The molecule has 1 aliphatic heterocycles. The van der Waals surface area contributed by atoms with Crippen LogP contribution in [0.1, 0.15) is 28.8 Å². The van der Waals surface area contributed by atoms with Crippen LogP contribution < -0.4 is 5.32 Å². The van der Waals surface area contributed by atoms with Gasteiger partial charge in [0.1, 0.15) is 11.6 Å². The molecule has 1 aliphatic rings. The standard InChI is InChI=1S/C12H17N5S/c1-8-15-16-12-4-3-10(6-17(8)12)13-5-11-7-18-9(2)14-11/h7,10,13H,3-6H2,1-2H3/t10-/m1/s1. The zero-order chi connectivity index (χ0) is 12.5. The van der Waals surface area contributed by atoms with Crippen LogP contribution in [-0.4, -0.2) is 25.8 Å². The number of rotatable bonds is 3. The van der Waals surface area contributed by atoms with E-state index in [-0.39, 0.29) is 0 Å². The third kappa shape index (κ3) is 2.30. The molecule has 1 N–H and O–H groups in total. The van der Waals surface area contributed by atoms with Gasteiger partial charge in [0.05, 0.1) is 10.7 Å². The first-order valence-corrected chi connectivity index (χ1v) is 7.13. The molecule has 0 radical (unpaired) electrons. The first kappa shape index (κ1) is 11.8. The highest BCUT2D eigenvalue weighted by atomic mass is 32.1. The quantitative estimate of drug-likeness (QED) is 0.911. The maximum atomic E-state index is 4.47. The molecule has 5 nitrogen and oxygen atoms in total. The molecule has 2 aromatic rings. The minimum absolute atomic E-state index is 0.495. The summed E-state index contributed by atoms with van der Waals surface area (Å²) in [5.74, 6) is 2.14. The van der Waals surface area contributed by atoms with E-state index in [1.807, 2.05) is 13.8 Å². The van der Waals surface area contributed by atoms with Crippen molar-refractivity contribution >= 4 is 11.3 Å². The fraction of sp³-hybridized carbons (Fsp3) is 0.583. The van der Waals surface area contributed by atoms with E-state index in [1.54, 1.807) is 11.3 Å². The number of aromatic nitrogens is 4. The van der Waals surface area contributed by atoms with E-state index in [0.29, 0.717) is 6.04 Å². The second-order valence-electron chi connectivity index (χ2n) is 4.75. The number of nitrogens with zero attached hydrogens (tertiary/aromatic N) is 4. The van der Waals surface area contributed by atoms with E-state index in [4.69, 9.17) is 0 Å². The summed E-state index contributed by atoms with van der Waals surface area (Å²) < 4.78 is 2.22. The van der Waals surface area contributed by atoms with Gasteiger partial charge in [0.2, 0.25) is 0 Å². The van der Waals surface area contributed by atoms with Crippen molar-refractivity contribution in [3.8, 4) is 0 Å². The average molecular weight is 263 g/mol. The molecule has 96 valence electrons. The average Bonchev–Trinajstić information content (AvgIpc) is 2.94. The molecule has 0 saturated heterocycles. The SMILES string of the molecule is Cc1nc(CN[C@@H]2CCc3nnc(C)n3C2)cs1. The molecule has 18 heavy (non-hydrogen) atoms. The molecule has 1 atom stereocenters. The summed E-state index contributed by atoms with van der Waals surface area (Å²) in [6.07, 6.45) is 2.13. The molecule has 0 spiro atoms. The predicted molar refractivity (Wildman–Crippen MR) is 70.6 cm³/mol. The first-order valence-electron chi connectivity index (χ1n) is 6.25. The van der Waals surface area contributed by atoms with Crippen molar-refractivity contribution in [2.45, 2.75) is 45.8 Å². The van der Waals surface area contributed by atoms with Crippen LogP contribution in [0.2, 0.25) is 0 Å². The number of hydrogen-bond donors (Lipinski definition) is 1. The third-order valence-electron chi connectivity index (χ3n) is 3.37. The summed E-state index contributed by atoms with van der Waals surface area (Å²) >= 11 is 1.71. The van der Waals surface area contributed by atoms with E-state index < -0.39 is 0 Å². The Kier molecular flexibility index (Phi) is 3.13. The maximum Gasteiger partial charge on any atom is 0.133 e. The molecule has 6 heteroatoms. The van der Waals surface area contributed by atoms with Gasteiger partial charge in [-0.15, -0.1) is 21.5 Å². The van der Waals surface area contributed by atoms with Gasteiger partial charge in [-0.25, -0.2) is 4.98 Å². The summed E-state index contributed by atoms with van der Waals surface area (Å²) in [5.41, 5.74) is 1.14. The highest BCUT2D eigenvalue weighted by Crippen LogP contribution is 2.15. The van der Waals surface area contributed by atoms with Crippen molar-refractivity contribution in [3.63, 3.8) is 0 Å². The largest absolute Gasteiger partial charge is 0.314 e. The van der Waals surface area contributed by atoms with Gasteiger partial charge >= 0.3 is 0 Å². The molecule has 0 aromatic carbocycles. The van der Waals surface area contributed by atoms with E-state index in [1.165, 1.54) is 0 Å². The van der Waals surface area contributed by atoms with Crippen LogP contribution in [0, 0.1) is 13.8 Å². The van der Waals surface area contributed by atoms with Gasteiger partial charge in [-0.3, -0.25) is 0 Å². The van der Waals surface area contributed by atoms with Crippen LogP contribution >= 0.6 is 11.3 Å². The van der Waals surface area contributed by atoms with Gasteiger partial charge in [0.25, 0.3) is 0 Å². The second-order valence-corrected chi connectivity index (χ2v) is 5.81. The molecular formula is C12H17N5S. The molecule has 3 rings (SSSR count). The lowest BCUT2D eigenvalue weighted by molar-refractivity contribution is 0.374. The van der Waals surface area contributed by atoms with E-state index in [2.05, 4.69) is 30.4 Å². The Labute approximate surface area is 110 Å². The Morgan fingerprint density at radius 2 is 2.33 bits per heavy atom. The van der Waals surface area contributed by atoms with Crippen molar-refractivity contribution in [3.05, 3.63) is 27.7 Å². The number of nitrogens with one attached hydrogen (secondary N) is 1. The summed E-state index contributed by atoms with van der Waals surface area (Å²) in [5, 5.41) is 15.2. The van der Waals surface area contributed by atoms with Gasteiger partial charge in [0.15, 0.2) is 0 Å². The molecule has 0 bridgehead atoms. The molecule has 0 saturated carbocycles. The predicted octanol–water partition coefficient (Wildman–Crippen LogP) is 1.46. The highest BCUT2D eigenvalue weighted by molar-refractivity contribution is 7.09. The van der Waals surface area contributed by atoms with E-state index in [0.717, 1.165) is 48.3 Å². The van der Waals surface area contributed by atoms with Gasteiger partial charge in [-0.2, -0.15) is 0 Å². The fourth-order valence-corrected chi connectivity index (χ4v) is 2.98. The molecular weight excluding hydrogens is 246 g/mol. The summed E-state index contributed by atoms with van der Waals surface area (Å²) in [6.45, 7) is 5.88. The molecule has 0 unspecified atom stereocenters. The van der Waals surface area contributed by atoms with E-state index in [9.17, 15) is 0 Å². The second kappa shape index (κ2) is 4.78. The van der Waals surface area contributed by atoms with Gasteiger partial charge in [-0.1, -0.05) is 0 Å². The van der Waals surface area contributed by atoms with Crippen LogP contribution in [0.4, 0.5) is 0 Å². The van der Waals surface area contributed by atoms with Crippen LogP contribution in [0.3, 0.4) is 0 Å². The maximum absolute atomic E-state index is 4.47. The van der Waals surface area contributed by atoms with Gasteiger partial charge < -0.3 is 9.88 Å². The molecule has 2 aromatic heterocycles. The Morgan fingerprint density at radius 3 is 3.11 bits per heavy atom.